The molecule has 1 unspecified atom stereocenters. The van der Waals surface area contributed by atoms with E-state index in [1.54, 1.807) is 4.90 Å². The van der Waals surface area contributed by atoms with Gasteiger partial charge < -0.3 is 20.4 Å². The molecule has 8 heteroatoms. The molecule has 2 amide bonds. The largest absolute Gasteiger partial charge is 0.393 e. The van der Waals surface area contributed by atoms with E-state index in [-0.39, 0.29) is 41.2 Å². The van der Waals surface area contributed by atoms with Gasteiger partial charge >= 0.3 is 6.03 Å². The van der Waals surface area contributed by atoms with E-state index in [9.17, 15) is 28.6 Å². The second kappa shape index (κ2) is 12.0. The average Bonchev–Trinajstić information content (AvgIpc) is 3.39. The number of amides is 2. The van der Waals surface area contributed by atoms with Gasteiger partial charge in [0.25, 0.3) is 0 Å². The van der Waals surface area contributed by atoms with Gasteiger partial charge in [-0.25, -0.2) is 13.6 Å². The minimum Gasteiger partial charge on any atom is -0.393 e. The van der Waals surface area contributed by atoms with Crippen molar-refractivity contribution < 1.29 is 28.6 Å². The van der Waals surface area contributed by atoms with E-state index in [1.807, 2.05) is 60.7 Å². The van der Waals surface area contributed by atoms with Gasteiger partial charge in [-0.1, -0.05) is 80.6 Å². The predicted molar refractivity (Wildman–Crippen MR) is 192 cm³/mol. The number of ketones is 1. The van der Waals surface area contributed by atoms with E-state index in [2.05, 4.69) is 37.4 Å². The molecule has 3 N–H and O–H groups in total. The molecule has 3 aromatic rings. The zero-order valence-corrected chi connectivity index (χ0v) is 29.2. The molecule has 266 valence electrons. The molecular formula is C43H46F2N2O4. The van der Waals surface area contributed by atoms with Gasteiger partial charge in [0.2, 0.25) is 0 Å². The third kappa shape index (κ3) is 5.00. The second-order valence-corrected chi connectivity index (χ2v) is 16.4. The van der Waals surface area contributed by atoms with Crippen LogP contribution in [-0.4, -0.2) is 45.2 Å². The smallest absolute Gasteiger partial charge is 0.322 e. The second-order valence-electron chi connectivity index (χ2n) is 16.4. The molecule has 6 aliphatic rings. The predicted octanol–water partition coefficient (Wildman–Crippen LogP) is 8.47. The van der Waals surface area contributed by atoms with Crippen molar-refractivity contribution in [1.82, 2.24) is 4.90 Å². The van der Waals surface area contributed by atoms with Gasteiger partial charge in [0, 0.05) is 39.6 Å². The molecule has 0 aliphatic heterocycles. The van der Waals surface area contributed by atoms with Crippen LogP contribution in [0.2, 0.25) is 0 Å². The molecule has 3 aromatic carbocycles. The van der Waals surface area contributed by atoms with Crippen molar-refractivity contribution in [3.8, 4) is 0 Å². The van der Waals surface area contributed by atoms with Crippen molar-refractivity contribution in [3.63, 3.8) is 0 Å². The summed E-state index contributed by atoms with van der Waals surface area (Å²) in [6.07, 6.45) is 10.4. The number of hydrogen-bond donors (Lipinski definition) is 3. The number of halogens is 2. The number of para-hydroxylation sites is 1. The summed E-state index contributed by atoms with van der Waals surface area (Å²) in [7, 11) is 0. The van der Waals surface area contributed by atoms with Crippen molar-refractivity contribution in [2.24, 2.45) is 33.5 Å². The first-order valence-corrected chi connectivity index (χ1v) is 18.3. The maximum Gasteiger partial charge on any atom is 0.322 e. The number of carbonyl (C=O) groups is 2. The zero-order valence-electron chi connectivity index (χ0n) is 29.2. The summed E-state index contributed by atoms with van der Waals surface area (Å²) in [5.41, 5.74) is -1.26. The van der Waals surface area contributed by atoms with Crippen LogP contribution in [0.4, 0.5) is 19.3 Å². The molecule has 3 fully saturated rings. The highest BCUT2D eigenvalue weighted by Gasteiger charge is 2.74. The zero-order chi connectivity index (χ0) is 35.8. The minimum atomic E-state index is -1.28. The lowest BCUT2D eigenvalue weighted by Gasteiger charge is -2.71. The molecule has 0 aromatic heterocycles. The van der Waals surface area contributed by atoms with E-state index < -0.39 is 39.6 Å². The van der Waals surface area contributed by atoms with E-state index in [4.69, 9.17) is 0 Å². The van der Waals surface area contributed by atoms with E-state index in [0.29, 0.717) is 49.9 Å². The van der Waals surface area contributed by atoms with Gasteiger partial charge in [0.05, 0.1) is 18.2 Å². The molecule has 0 radical (unpaired) electrons. The molecule has 2 spiro atoms. The fourth-order valence-corrected chi connectivity index (χ4v) is 11.4. The number of Topliss-reactive ketones (excluding diaryl/α,β-unsaturated/α-hetero) is 1. The summed E-state index contributed by atoms with van der Waals surface area (Å²) < 4.78 is 28.7. The molecule has 6 nitrogen and oxygen atoms in total. The Morgan fingerprint density at radius 2 is 1.51 bits per heavy atom. The number of fused-ring (bicyclic) bond motifs is 1. The van der Waals surface area contributed by atoms with Gasteiger partial charge in [-0.2, -0.15) is 0 Å². The molecule has 8 atom stereocenters. The number of allylic oxidation sites excluding steroid dienone is 4. The van der Waals surface area contributed by atoms with Crippen LogP contribution >= 0.6 is 0 Å². The van der Waals surface area contributed by atoms with Crippen LogP contribution in [0.5, 0.6) is 0 Å². The van der Waals surface area contributed by atoms with Crippen molar-refractivity contribution in [2.45, 2.75) is 77.0 Å². The molecule has 6 aliphatic carbocycles. The van der Waals surface area contributed by atoms with Gasteiger partial charge in [0.15, 0.2) is 17.4 Å². The third-order valence-electron chi connectivity index (χ3n) is 14.1. The summed E-state index contributed by atoms with van der Waals surface area (Å²) in [4.78, 5) is 30.4. The number of aliphatic hydroxyl groups is 2. The first-order chi connectivity index (χ1) is 24.3. The summed E-state index contributed by atoms with van der Waals surface area (Å²) >= 11 is 0. The first-order valence-electron chi connectivity index (χ1n) is 18.3. The van der Waals surface area contributed by atoms with Crippen molar-refractivity contribution >= 4 is 17.5 Å². The molecule has 51 heavy (non-hydrogen) atoms. The number of urea groups is 1. The Balaban J connectivity index is 1.20. The first kappa shape index (κ1) is 34.0. The molecule has 0 saturated heterocycles. The Bertz CT molecular complexity index is 1930. The topological polar surface area (TPSA) is 89.9 Å². The lowest BCUT2D eigenvalue weighted by Crippen LogP contribution is -2.67. The van der Waals surface area contributed by atoms with Crippen molar-refractivity contribution in [2.75, 3.05) is 11.9 Å². The van der Waals surface area contributed by atoms with Crippen LogP contribution in [0, 0.1) is 45.1 Å². The fourth-order valence-electron chi connectivity index (χ4n) is 11.4. The lowest BCUT2D eigenvalue weighted by molar-refractivity contribution is -0.174. The van der Waals surface area contributed by atoms with E-state index in [0.717, 1.165) is 30.5 Å². The minimum absolute atomic E-state index is 0.0407. The molecule has 0 heterocycles. The van der Waals surface area contributed by atoms with Crippen LogP contribution in [0.3, 0.4) is 0 Å². The maximum absolute atomic E-state index is 14.7. The Morgan fingerprint density at radius 1 is 0.843 bits per heavy atom. The SMILES string of the molecule is C[C@]12CC[C@H]3[C@]4(C=C[C@@]5(C=C4C(=O)c4ccc(F)c(F)c4)CC(O)CC[C@]35C)[C@@H]1CC[C@@]2(O)CN(Cc1ccccc1)C(=O)Nc1ccccc1. The Labute approximate surface area is 298 Å². The summed E-state index contributed by atoms with van der Waals surface area (Å²) in [5.74, 6) is -2.54. The number of hydrogen-bond acceptors (Lipinski definition) is 4. The van der Waals surface area contributed by atoms with Gasteiger partial charge in [0.1, 0.15) is 0 Å². The normalized spacial score (nSPS) is 36.0. The molecule has 2 bridgehead atoms. The highest BCUT2D eigenvalue weighted by Crippen LogP contribution is 2.78. The number of rotatable bonds is 7. The number of carbonyl (C=O) groups excluding carboxylic acids is 2. The number of benzene rings is 3. The fraction of sp³-hybridized carbons (Fsp3) is 0.442. The van der Waals surface area contributed by atoms with Crippen LogP contribution in [0.15, 0.2) is 103 Å². The van der Waals surface area contributed by atoms with Crippen molar-refractivity contribution in [3.05, 3.63) is 125 Å². The lowest BCUT2D eigenvalue weighted by atomic mass is 9.32. The summed E-state index contributed by atoms with van der Waals surface area (Å²) in [6, 6.07) is 22.1. The highest BCUT2D eigenvalue weighted by molar-refractivity contribution is 6.10. The number of anilines is 1. The molecule has 9 rings (SSSR count). The Morgan fingerprint density at radius 3 is 2.24 bits per heavy atom. The summed E-state index contributed by atoms with van der Waals surface area (Å²) in [5, 5.41) is 27.0. The monoisotopic (exact) mass is 692 g/mol. The van der Waals surface area contributed by atoms with Gasteiger partial charge in [-0.3, -0.25) is 4.79 Å². The highest BCUT2D eigenvalue weighted by atomic mass is 19.2. The van der Waals surface area contributed by atoms with E-state index >= 15 is 0 Å². The Hall–Kier alpha value is -4.14. The van der Waals surface area contributed by atoms with Crippen molar-refractivity contribution in [1.29, 1.82) is 0 Å². The van der Waals surface area contributed by atoms with Gasteiger partial charge in [-0.05, 0) is 98.1 Å². The molecular weight excluding hydrogens is 646 g/mol. The third-order valence-corrected chi connectivity index (χ3v) is 14.1. The van der Waals surface area contributed by atoms with Crippen LogP contribution in [0.25, 0.3) is 0 Å². The standard InChI is InChI=1S/C43H46F2N2O4/c1-39-18-15-31(48)24-41(39)21-22-43(32(25-41)37(49)29-13-14-33(44)34(45)23-29)35(39)16-19-40(2)36(43)17-20-42(40,51)27-47(26-28-9-5-3-6-10-28)38(50)46-30-11-7-4-8-12-30/h3-14,21-23,25,31,35-36,48,51H,15-20,24,26-27H2,1-2H3,(H,46,50)/t31?,35-,36-,39-,40+,41+,42-,43-/m1/s1. The maximum atomic E-state index is 14.7. The molecule has 3 saturated carbocycles. The van der Waals surface area contributed by atoms with Gasteiger partial charge in [-0.15, -0.1) is 0 Å². The number of nitrogens with zero attached hydrogens (tertiary/aromatic N) is 1. The van der Waals surface area contributed by atoms with Crippen LogP contribution < -0.4 is 5.32 Å². The summed E-state index contributed by atoms with van der Waals surface area (Å²) in [6.45, 7) is 4.83. The van der Waals surface area contributed by atoms with Crippen LogP contribution in [0.1, 0.15) is 74.7 Å². The number of aliphatic hydroxyl groups excluding tert-OH is 1. The number of nitrogens with one attached hydrogen (secondary N) is 1. The average molecular weight is 693 g/mol. The van der Waals surface area contributed by atoms with Crippen LogP contribution in [-0.2, 0) is 6.54 Å². The quantitative estimate of drug-likeness (QED) is 0.171. The Kier molecular flexibility index (Phi) is 7.96. The van der Waals surface area contributed by atoms with E-state index in [1.165, 1.54) is 6.07 Å².